The standard InChI is InChI=1S/C21H29N7O3/c1-4-12(2)23-21(30)31-15-6-5-14(9-15)17-11-19(26-25-17)24-20-18-10-16(13(3)29)27-28(18)8-7-22-20/h7-8,10-15,29H,4-6,9H2,1-3H3,(H,23,30)(H2,22,24,25,26)/t12-,13+,14+,15-/m1/s1. The van der Waals surface area contributed by atoms with E-state index in [4.69, 9.17) is 4.74 Å². The number of rotatable bonds is 7. The number of carbonyl (C=O) groups excluding carboxylic acids is 1. The minimum atomic E-state index is -0.658. The molecule has 1 fully saturated rings. The van der Waals surface area contributed by atoms with Crippen molar-refractivity contribution in [2.24, 2.45) is 0 Å². The lowest BCUT2D eigenvalue weighted by molar-refractivity contribution is 0.0974. The number of nitrogens with zero attached hydrogens (tertiary/aromatic N) is 4. The van der Waals surface area contributed by atoms with E-state index in [0.29, 0.717) is 17.3 Å². The van der Waals surface area contributed by atoms with Crippen molar-refractivity contribution >= 4 is 23.2 Å². The first-order valence-electron chi connectivity index (χ1n) is 10.7. The van der Waals surface area contributed by atoms with Crippen LogP contribution in [0.15, 0.2) is 24.5 Å². The maximum Gasteiger partial charge on any atom is 0.407 e. The van der Waals surface area contributed by atoms with Crippen molar-refractivity contribution in [3.05, 3.63) is 35.9 Å². The molecule has 10 heteroatoms. The van der Waals surface area contributed by atoms with E-state index < -0.39 is 6.10 Å². The van der Waals surface area contributed by atoms with Crippen LogP contribution in [0.4, 0.5) is 16.4 Å². The van der Waals surface area contributed by atoms with Gasteiger partial charge in [-0.05, 0) is 45.6 Å². The Bertz CT molecular complexity index is 1040. The summed E-state index contributed by atoms with van der Waals surface area (Å²) < 4.78 is 7.24. The molecule has 1 amide bonds. The van der Waals surface area contributed by atoms with Gasteiger partial charge in [0.2, 0.25) is 0 Å². The number of hydrogen-bond donors (Lipinski definition) is 4. The van der Waals surface area contributed by atoms with Crippen LogP contribution >= 0.6 is 0 Å². The van der Waals surface area contributed by atoms with Crippen molar-refractivity contribution in [3.8, 4) is 0 Å². The Morgan fingerprint density at radius 1 is 1.39 bits per heavy atom. The van der Waals surface area contributed by atoms with Crippen LogP contribution in [0.3, 0.4) is 0 Å². The van der Waals surface area contributed by atoms with Gasteiger partial charge in [-0.25, -0.2) is 14.3 Å². The van der Waals surface area contributed by atoms with Gasteiger partial charge < -0.3 is 20.5 Å². The van der Waals surface area contributed by atoms with Gasteiger partial charge in [0, 0.05) is 36.1 Å². The summed E-state index contributed by atoms with van der Waals surface area (Å²) in [4.78, 5) is 16.4. The fraction of sp³-hybridized carbons (Fsp3) is 0.524. The smallest absolute Gasteiger partial charge is 0.407 e. The second-order valence-corrected chi connectivity index (χ2v) is 8.18. The van der Waals surface area contributed by atoms with Crippen LogP contribution in [0.2, 0.25) is 0 Å². The summed E-state index contributed by atoms with van der Waals surface area (Å²) in [5.74, 6) is 1.51. The zero-order chi connectivity index (χ0) is 22.0. The van der Waals surface area contributed by atoms with Crippen LogP contribution in [0.25, 0.3) is 5.52 Å². The van der Waals surface area contributed by atoms with Crippen LogP contribution in [0, 0.1) is 0 Å². The van der Waals surface area contributed by atoms with E-state index in [1.54, 1.807) is 29.9 Å². The van der Waals surface area contributed by atoms with Crippen molar-refractivity contribution in [2.45, 2.75) is 70.6 Å². The Kier molecular flexibility index (Phi) is 6.08. The summed E-state index contributed by atoms with van der Waals surface area (Å²) in [6.45, 7) is 5.66. The van der Waals surface area contributed by atoms with Crippen molar-refractivity contribution in [1.29, 1.82) is 0 Å². The number of nitrogens with one attached hydrogen (secondary N) is 3. The van der Waals surface area contributed by atoms with Crippen LogP contribution in [-0.2, 0) is 4.74 Å². The topological polar surface area (TPSA) is 129 Å². The third-order valence-corrected chi connectivity index (χ3v) is 5.76. The van der Waals surface area contributed by atoms with Crippen LogP contribution < -0.4 is 10.6 Å². The number of aliphatic hydroxyl groups excluding tert-OH is 1. The molecule has 4 rings (SSSR count). The molecular formula is C21H29N7O3. The van der Waals surface area contributed by atoms with Gasteiger partial charge in [0.15, 0.2) is 11.6 Å². The molecule has 0 unspecified atom stereocenters. The Morgan fingerprint density at radius 2 is 2.23 bits per heavy atom. The second kappa shape index (κ2) is 8.93. The zero-order valence-corrected chi connectivity index (χ0v) is 18.0. The molecule has 4 N–H and O–H groups in total. The Hall–Kier alpha value is -3.14. The van der Waals surface area contributed by atoms with Gasteiger partial charge in [0.1, 0.15) is 11.6 Å². The normalized spacial score (nSPS) is 20.5. The fourth-order valence-corrected chi connectivity index (χ4v) is 3.79. The molecule has 0 radical (unpaired) electrons. The SMILES string of the molecule is CC[C@@H](C)NC(=O)O[C@@H]1CC[C@H](c2cc(Nc3nccn4nc([C@H](C)O)cc34)n[nH]2)C1. The second-order valence-electron chi connectivity index (χ2n) is 8.18. The van der Waals surface area contributed by atoms with E-state index in [0.717, 1.165) is 36.9 Å². The predicted molar refractivity (Wildman–Crippen MR) is 115 cm³/mol. The highest BCUT2D eigenvalue weighted by molar-refractivity contribution is 5.72. The zero-order valence-electron chi connectivity index (χ0n) is 18.0. The van der Waals surface area contributed by atoms with E-state index in [1.807, 2.05) is 19.9 Å². The summed E-state index contributed by atoms with van der Waals surface area (Å²) >= 11 is 0. The largest absolute Gasteiger partial charge is 0.446 e. The lowest BCUT2D eigenvalue weighted by atomic mass is 10.0. The first kappa shape index (κ1) is 21.1. The van der Waals surface area contributed by atoms with E-state index in [-0.39, 0.29) is 24.2 Å². The molecule has 3 aromatic heterocycles. The molecule has 0 aromatic carbocycles. The van der Waals surface area contributed by atoms with E-state index in [1.165, 1.54) is 0 Å². The average Bonchev–Trinajstić information content (AvgIpc) is 3.47. The average molecular weight is 428 g/mol. The van der Waals surface area contributed by atoms with E-state index in [9.17, 15) is 9.90 Å². The van der Waals surface area contributed by atoms with Crippen molar-refractivity contribution in [3.63, 3.8) is 0 Å². The van der Waals surface area contributed by atoms with E-state index in [2.05, 4.69) is 30.9 Å². The Labute approximate surface area is 180 Å². The number of hydrogen-bond acceptors (Lipinski definition) is 7. The molecule has 10 nitrogen and oxygen atoms in total. The molecule has 3 aromatic rings. The number of aliphatic hydroxyl groups is 1. The Balaban J connectivity index is 1.39. The Morgan fingerprint density at radius 3 is 3.00 bits per heavy atom. The lowest BCUT2D eigenvalue weighted by Crippen LogP contribution is -2.34. The number of ether oxygens (including phenoxy) is 1. The summed E-state index contributed by atoms with van der Waals surface area (Å²) in [6.07, 6.45) is 5.69. The van der Waals surface area contributed by atoms with Crippen LogP contribution in [0.5, 0.6) is 0 Å². The molecule has 1 saturated carbocycles. The van der Waals surface area contributed by atoms with Gasteiger partial charge in [-0.2, -0.15) is 10.2 Å². The highest BCUT2D eigenvalue weighted by Crippen LogP contribution is 2.36. The number of H-pyrrole nitrogens is 1. The minimum Gasteiger partial charge on any atom is -0.446 e. The number of carbonyl (C=O) groups is 1. The van der Waals surface area contributed by atoms with Crippen molar-refractivity contribution in [2.75, 3.05) is 5.32 Å². The number of aromatic amines is 1. The molecule has 166 valence electrons. The fourth-order valence-electron chi connectivity index (χ4n) is 3.79. The first-order chi connectivity index (χ1) is 14.9. The molecule has 0 aliphatic heterocycles. The van der Waals surface area contributed by atoms with Gasteiger partial charge in [0.05, 0.1) is 11.8 Å². The van der Waals surface area contributed by atoms with Gasteiger partial charge >= 0.3 is 6.09 Å². The first-order valence-corrected chi connectivity index (χ1v) is 10.7. The molecule has 0 spiro atoms. The molecule has 1 aliphatic carbocycles. The highest BCUT2D eigenvalue weighted by Gasteiger charge is 2.30. The molecule has 1 aliphatic rings. The number of anilines is 2. The number of alkyl carbamates (subject to hydrolysis) is 1. The number of fused-ring (bicyclic) bond motifs is 1. The van der Waals surface area contributed by atoms with Crippen molar-refractivity contribution < 1.29 is 14.6 Å². The maximum atomic E-state index is 12.0. The minimum absolute atomic E-state index is 0.0881. The summed E-state index contributed by atoms with van der Waals surface area (Å²) in [7, 11) is 0. The summed E-state index contributed by atoms with van der Waals surface area (Å²) in [6, 6.07) is 3.87. The maximum absolute atomic E-state index is 12.0. The molecular weight excluding hydrogens is 398 g/mol. The van der Waals surface area contributed by atoms with Crippen LogP contribution in [-0.4, -0.2) is 48.1 Å². The van der Waals surface area contributed by atoms with Gasteiger partial charge in [-0.1, -0.05) is 6.92 Å². The third-order valence-electron chi connectivity index (χ3n) is 5.76. The van der Waals surface area contributed by atoms with Gasteiger partial charge in [-0.15, -0.1) is 0 Å². The predicted octanol–water partition coefficient (Wildman–Crippen LogP) is 3.41. The highest BCUT2D eigenvalue weighted by atomic mass is 16.6. The quantitative estimate of drug-likeness (QED) is 0.455. The van der Waals surface area contributed by atoms with E-state index >= 15 is 0 Å². The summed E-state index contributed by atoms with van der Waals surface area (Å²) in [5, 5.41) is 27.7. The summed E-state index contributed by atoms with van der Waals surface area (Å²) in [5.41, 5.74) is 2.33. The molecule has 4 atom stereocenters. The lowest BCUT2D eigenvalue weighted by Gasteiger charge is -2.16. The monoisotopic (exact) mass is 427 g/mol. The van der Waals surface area contributed by atoms with Gasteiger partial charge in [0.25, 0.3) is 0 Å². The van der Waals surface area contributed by atoms with Crippen LogP contribution in [0.1, 0.15) is 69.9 Å². The molecule has 0 bridgehead atoms. The third kappa shape index (κ3) is 4.79. The molecule has 3 heterocycles. The van der Waals surface area contributed by atoms with Crippen molar-refractivity contribution in [1.82, 2.24) is 30.1 Å². The molecule has 0 saturated heterocycles. The number of amides is 1. The number of aromatic nitrogens is 5. The molecule has 31 heavy (non-hydrogen) atoms. The van der Waals surface area contributed by atoms with Gasteiger partial charge in [-0.3, -0.25) is 5.10 Å².